The Bertz CT molecular complexity index is 885. The molecule has 0 spiro atoms. The van der Waals surface area contributed by atoms with E-state index in [9.17, 15) is 0 Å². The van der Waals surface area contributed by atoms with Crippen LogP contribution >= 0.6 is 27.3 Å². The fourth-order valence-corrected chi connectivity index (χ4v) is 5.09. The summed E-state index contributed by atoms with van der Waals surface area (Å²) >= 11 is 5.19. The van der Waals surface area contributed by atoms with Crippen LogP contribution in [0.5, 0.6) is 0 Å². The maximum Gasteiger partial charge on any atom is 0.141 e. The molecule has 2 bridgehead atoms. The molecule has 3 aliphatic rings. The van der Waals surface area contributed by atoms with Crippen molar-refractivity contribution < 1.29 is 0 Å². The Balaban J connectivity index is 1.35. The summed E-state index contributed by atoms with van der Waals surface area (Å²) in [5.41, 5.74) is 1.26. The van der Waals surface area contributed by atoms with Gasteiger partial charge in [0.15, 0.2) is 0 Å². The van der Waals surface area contributed by atoms with E-state index in [1.807, 2.05) is 12.4 Å². The normalized spacial score (nSPS) is 23.5. The number of hydrogen-bond donors (Lipinski definition) is 0. The number of fused-ring (bicyclic) bond motifs is 3. The van der Waals surface area contributed by atoms with Crippen LogP contribution in [0.25, 0.3) is 10.2 Å². The maximum absolute atomic E-state index is 4.59. The molecule has 122 valence electrons. The van der Waals surface area contributed by atoms with E-state index in [4.69, 9.17) is 0 Å². The smallest absolute Gasteiger partial charge is 0.141 e. The molecular weight excluding hydrogens is 386 g/mol. The molecule has 0 N–H and O–H groups in total. The van der Waals surface area contributed by atoms with E-state index in [2.05, 4.69) is 58.2 Å². The lowest BCUT2D eigenvalue weighted by Gasteiger charge is -2.57. The monoisotopic (exact) mass is 401 g/mol. The van der Waals surface area contributed by atoms with Crippen molar-refractivity contribution in [2.75, 3.05) is 18.0 Å². The average Bonchev–Trinajstić information content (AvgIpc) is 3.04. The standard InChI is InChI=1S/C17H16BrN5S/c18-12-3-11(5-19-6-12)7-22-8-13-4-14(9-22)23(13)16-15-1-2-24-17(15)21-10-20-16/h1-3,5-6,10,13-14H,4,7-9H2. The number of rotatable bonds is 3. The van der Waals surface area contributed by atoms with Gasteiger partial charge < -0.3 is 4.90 Å². The first-order valence-electron chi connectivity index (χ1n) is 8.06. The van der Waals surface area contributed by atoms with Crippen LogP contribution in [0.4, 0.5) is 5.82 Å². The van der Waals surface area contributed by atoms with Gasteiger partial charge in [-0.3, -0.25) is 9.88 Å². The van der Waals surface area contributed by atoms with Crippen LogP contribution in [-0.4, -0.2) is 45.0 Å². The van der Waals surface area contributed by atoms with Crippen molar-refractivity contribution in [1.82, 2.24) is 19.9 Å². The van der Waals surface area contributed by atoms with Gasteiger partial charge in [0.05, 0.1) is 5.39 Å². The third kappa shape index (κ3) is 2.42. The lowest BCUT2D eigenvalue weighted by atomic mass is 9.87. The average molecular weight is 402 g/mol. The quantitative estimate of drug-likeness (QED) is 0.673. The number of aromatic nitrogens is 3. The minimum Gasteiger partial charge on any atom is -0.347 e. The summed E-state index contributed by atoms with van der Waals surface area (Å²) in [5.74, 6) is 1.12. The molecule has 3 aromatic rings. The van der Waals surface area contributed by atoms with E-state index in [0.717, 1.165) is 34.8 Å². The van der Waals surface area contributed by atoms with Gasteiger partial charge in [-0.05, 0) is 45.4 Å². The van der Waals surface area contributed by atoms with Gasteiger partial charge in [-0.25, -0.2) is 9.97 Å². The van der Waals surface area contributed by atoms with Gasteiger partial charge in [0.1, 0.15) is 17.0 Å². The van der Waals surface area contributed by atoms with E-state index in [1.165, 1.54) is 17.4 Å². The van der Waals surface area contributed by atoms with Crippen molar-refractivity contribution in [3.05, 3.63) is 46.3 Å². The molecule has 0 amide bonds. The second-order valence-electron chi connectivity index (χ2n) is 6.49. The van der Waals surface area contributed by atoms with E-state index in [1.54, 1.807) is 17.7 Å². The van der Waals surface area contributed by atoms with Crippen molar-refractivity contribution in [3.8, 4) is 0 Å². The van der Waals surface area contributed by atoms with Crippen molar-refractivity contribution >= 4 is 43.3 Å². The first kappa shape index (κ1) is 14.7. The Labute approximate surface area is 152 Å². The molecular formula is C17H16BrN5S. The van der Waals surface area contributed by atoms with Crippen LogP contribution in [0.1, 0.15) is 12.0 Å². The summed E-state index contributed by atoms with van der Waals surface area (Å²) in [6.45, 7) is 3.13. The molecule has 0 radical (unpaired) electrons. The number of piperazine rings is 1. The largest absolute Gasteiger partial charge is 0.347 e. The zero-order valence-electron chi connectivity index (χ0n) is 13.0. The maximum atomic E-state index is 4.59. The minimum atomic E-state index is 0.557. The number of halogens is 1. The number of hydrogen-bond acceptors (Lipinski definition) is 6. The highest BCUT2D eigenvalue weighted by Gasteiger charge is 2.45. The van der Waals surface area contributed by atoms with Crippen LogP contribution in [0.15, 0.2) is 40.7 Å². The fraction of sp³-hybridized carbons (Fsp3) is 0.353. The van der Waals surface area contributed by atoms with Gasteiger partial charge in [-0.2, -0.15) is 0 Å². The molecule has 3 aromatic heterocycles. The van der Waals surface area contributed by atoms with Crippen LogP contribution in [-0.2, 0) is 6.54 Å². The Morgan fingerprint density at radius 1 is 1.21 bits per heavy atom. The molecule has 3 fully saturated rings. The van der Waals surface area contributed by atoms with E-state index < -0.39 is 0 Å². The van der Waals surface area contributed by atoms with E-state index >= 15 is 0 Å². The molecule has 0 aliphatic carbocycles. The minimum absolute atomic E-state index is 0.557. The topological polar surface area (TPSA) is 45.2 Å². The van der Waals surface area contributed by atoms with Crippen molar-refractivity contribution in [1.29, 1.82) is 0 Å². The molecule has 7 heteroatoms. The zero-order valence-corrected chi connectivity index (χ0v) is 15.4. The van der Waals surface area contributed by atoms with E-state index in [0.29, 0.717) is 12.1 Å². The zero-order chi connectivity index (χ0) is 16.1. The van der Waals surface area contributed by atoms with Gasteiger partial charge in [-0.1, -0.05) is 0 Å². The fourth-order valence-electron chi connectivity index (χ4n) is 3.96. The Kier molecular flexibility index (Phi) is 3.53. The number of piperidine rings is 1. The predicted octanol–water partition coefficient (Wildman–Crippen LogP) is 3.31. The molecule has 0 aromatic carbocycles. The molecule has 6 rings (SSSR count). The van der Waals surface area contributed by atoms with Gasteiger partial charge in [0, 0.05) is 48.6 Å². The second-order valence-corrected chi connectivity index (χ2v) is 8.30. The SMILES string of the molecule is Brc1cncc(CN2CC3CC(C2)N3c2ncnc3sccc23)c1. The first-order chi connectivity index (χ1) is 11.8. The molecule has 0 saturated carbocycles. The molecule has 5 nitrogen and oxygen atoms in total. The van der Waals surface area contributed by atoms with Crippen LogP contribution < -0.4 is 4.90 Å². The summed E-state index contributed by atoms with van der Waals surface area (Å²) in [4.78, 5) is 19.4. The van der Waals surface area contributed by atoms with Gasteiger partial charge in [0.2, 0.25) is 0 Å². The van der Waals surface area contributed by atoms with Crippen LogP contribution in [0.3, 0.4) is 0 Å². The predicted molar refractivity (Wildman–Crippen MR) is 99.3 cm³/mol. The molecule has 3 saturated heterocycles. The number of nitrogens with zero attached hydrogens (tertiary/aromatic N) is 5. The van der Waals surface area contributed by atoms with Gasteiger partial charge in [0.25, 0.3) is 0 Å². The summed E-state index contributed by atoms with van der Waals surface area (Å²) in [7, 11) is 0. The summed E-state index contributed by atoms with van der Waals surface area (Å²) < 4.78 is 1.05. The van der Waals surface area contributed by atoms with Gasteiger partial charge in [-0.15, -0.1) is 11.3 Å². The molecule has 2 unspecified atom stereocenters. The lowest BCUT2D eigenvalue weighted by Crippen LogP contribution is -2.69. The Morgan fingerprint density at radius 2 is 2.08 bits per heavy atom. The molecule has 6 heterocycles. The van der Waals surface area contributed by atoms with Crippen LogP contribution in [0.2, 0.25) is 0 Å². The highest BCUT2D eigenvalue weighted by atomic mass is 79.9. The summed E-state index contributed by atoms with van der Waals surface area (Å²) in [6, 6.07) is 5.42. The van der Waals surface area contributed by atoms with Crippen LogP contribution in [0, 0.1) is 0 Å². The first-order valence-corrected chi connectivity index (χ1v) is 9.73. The highest BCUT2D eigenvalue weighted by molar-refractivity contribution is 9.10. The molecule has 3 aliphatic heterocycles. The third-order valence-electron chi connectivity index (χ3n) is 4.92. The van der Waals surface area contributed by atoms with Crippen molar-refractivity contribution in [2.45, 2.75) is 25.0 Å². The lowest BCUT2D eigenvalue weighted by molar-refractivity contribution is 0.108. The number of thiophene rings is 1. The molecule has 24 heavy (non-hydrogen) atoms. The van der Waals surface area contributed by atoms with E-state index in [-0.39, 0.29) is 0 Å². The number of pyridine rings is 1. The van der Waals surface area contributed by atoms with Gasteiger partial charge >= 0.3 is 0 Å². The van der Waals surface area contributed by atoms with Crippen molar-refractivity contribution in [2.24, 2.45) is 0 Å². The summed E-state index contributed by atoms with van der Waals surface area (Å²) in [6.07, 6.45) is 6.76. The second kappa shape index (κ2) is 5.75. The summed E-state index contributed by atoms with van der Waals surface area (Å²) in [5, 5.41) is 3.30. The molecule has 2 atom stereocenters. The highest BCUT2D eigenvalue weighted by Crippen LogP contribution is 2.39. The Morgan fingerprint density at radius 3 is 2.92 bits per heavy atom. The third-order valence-corrected chi connectivity index (χ3v) is 6.18. The number of anilines is 1. The Hall–Kier alpha value is -1.57. The van der Waals surface area contributed by atoms with Crippen molar-refractivity contribution in [3.63, 3.8) is 0 Å².